The molecule has 0 saturated carbocycles. The second-order valence-corrected chi connectivity index (χ2v) is 6.75. The van der Waals surface area contributed by atoms with Crippen LogP contribution >= 0.6 is 0 Å². The molecule has 3 rings (SSSR count). The predicted octanol–water partition coefficient (Wildman–Crippen LogP) is 2.42. The fourth-order valence-electron chi connectivity index (χ4n) is 3.63. The lowest BCUT2D eigenvalue weighted by Crippen LogP contribution is -2.38. The second kappa shape index (κ2) is 7.78. The van der Waals surface area contributed by atoms with E-state index in [0.29, 0.717) is 6.04 Å². The van der Waals surface area contributed by atoms with Crippen LogP contribution in [0.5, 0.6) is 0 Å². The van der Waals surface area contributed by atoms with Gasteiger partial charge in [-0.15, -0.1) is 0 Å². The summed E-state index contributed by atoms with van der Waals surface area (Å²) >= 11 is 0. The van der Waals surface area contributed by atoms with Gasteiger partial charge in [0.05, 0.1) is 0 Å². The van der Waals surface area contributed by atoms with Crippen LogP contribution in [0.25, 0.3) is 0 Å². The Balaban J connectivity index is 1.70. The number of carboxylic acid groups (broad SMARTS) is 1. The number of aryl methyl sites for hydroxylation is 1. The number of hydrogen-bond acceptors (Lipinski definition) is 4. The predicted molar refractivity (Wildman–Crippen MR) is 95.9 cm³/mol. The van der Waals surface area contributed by atoms with Gasteiger partial charge in [-0.3, -0.25) is 9.67 Å². The molecule has 0 unspecified atom stereocenters. The molecule has 1 atom stereocenters. The molecule has 0 aliphatic heterocycles. The van der Waals surface area contributed by atoms with Crippen LogP contribution in [0.3, 0.4) is 0 Å². The molecule has 1 N–H and O–H groups in total. The fraction of sp³-hybridized carbons (Fsp3) is 0.526. The van der Waals surface area contributed by atoms with Crippen LogP contribution in [-0.4, -0.2) is 50.4 Å². The highest BCUT2D eigenvalue weighted by molar-refractivity contribution is 5.87. The number of fused-ring (bicyclic) bond motifs is 1. The van der Waals surface area contributed by atoms with Crippen molar-refractivity contribution in [1.29, 1.82) is 0 Å². The van der Waals surface area contributed by atoms with Crippen LogP contribution < -0.4 is 0 Å². The van der Waals surface area contributed by atoms with E-state index in [1.165, 1.54) is 0 Å². The molecule has 0 fully saturated rings. The van der Waals surface area contributed by atoms with Crippen LogP contribution in [-0.2, 0) is 25.8 Å². The Morgan fingerprint density at radius 3 is 2.96 bits per heavy atom. The minimum Gasteiger partial charge on any atom is -0.476 e. The highest BCUT2D eigenvalue weighted by atomic mass is 16.4. The third kappa shape index (κ3) is 3.90. The first-order valence-corrected chi connectivity index (χ1v) is 9.02. The second-order valence-electron chi connectivity index (χ2n) is 6.75. The van der Waals surface area contributed by atoms with Crippen LogP contribution in [0.1, 0.15) is 47.2 Å². The molecule has 6 nitrogen and oxygen atoms in total. The van der Waals surface area contributed by atoms with Crippen molar-refractivity contribution in [2.24, 2.45) is 0 Å². The minimum atomic E-state index is -0.914. The van der Waals surface area contributed by atoms with E-state index in [1.807, 2.05) is 29.1 Å². The number of nitrogens with zero attached hydrogens (tertiary/aromatic N) is 4. The highest BCUT2D eigenvalue weighted by Crippen LogP contribution is 2.27. The van der Waals surface area contributed by atoms with E-state index in [9.17, 15) is 9.90 Å². The van der Waals surface area contributed by atoms with E-state index < -0.39 is 5.97 Å². The van der Waals surface area contributed by atoms with Gasteiger partial charge in [-0.25, -0.2) is 4.79 Å². The van der Waals surface area contributed by atoms with Gasteiger partial charge in [-0.05, 0) is 44.9 Å². The summed E-state index contributed by atoms with van der Waals surface area (Å²) in [4.78, 5) is 18.3. The third-order valence-corrected chi connectivity index (χ3v) is 5.03. The number of likely N-dealkylation sites (N-methyl/N-ethyl adjacent to an activating group) is 1. The van der Waals surface area contributed by atoms with Crippen LogP contribution in [0.2, 0.25) is 0 Å². The maximum Gasteiger partial charge on any atom is 0.356 e. The number of hydrogen-bond donors (Lipinski definition) is 1. The molecule has 1 aliphatic rings. The fourth-order valence-corrected chi connectivity index (χ4v) is 3.63. The summed E-state index contributed by atoms with van der Waals surface area (Å²) in [6.07, 6.45) is 6.39. The zero-order valence-electron chi connectivity index (χ0n) is 15.0. The Bertz CT molecular complexity index is 727. The Morgan fingerprint density at radius 2 is 2.28 bits per heavy atom. The first-order chi connectivity index (χ1) is 12.1. The summed E-state index contributed by atoms with van der Waals surface area (Å²) in [6.45, 7) is 3.80. The molecule has 0 radical (unpaired) electrons. The Hall–Kier alpha value is -2.21. The maximum atomic E-state index is 11.6. The molecular weight excluding hydrogens is 316 g/mol. The molecule has 2 aromatic heterocycles. The third-order valence-electron chi connectivity index (χ3n) is 5.03. The van der Waals surface area contributed by atoms with Gasteiger partial charge in [0.2, 0.25) is 0 Å². The molecule has 25 heavy (non-hydrogen) atoms. The Kier molecular flexibility index (Phi) is 5.48. The van der Waals surface area contributed by atoms with E-state index in [2.05, 4.69) is 29.0 Å². The van der Waals surface area contributed by atoms with Crippen molar-refractivity contribution < 1.29 is 9.90 Å². The van der Waals surface area contributed by atoms with E-state index in [-0.39, 0.29) is 5.69 Å². The van der Waals surface area contributed by atoms with E-state index >= 15 is 0 Å². The molecule has 2 aromatic rings. The van der Waals surface area contributed by atoms with Crippen molar-refractivity contribution in [2.45, 2.75) is 51.6 Å². The first-order valence-electron chi connectivity index (χ1n) is 9.02. The zero-order chi connectivity index (χ0) is 17.8. The van der Waals surface area contributed by atoms with Gasteiger partial charge < -0.3 is 10.0 Å². The number of pyridine rings is 1. The molecule has 0 spiro atoms. The van der Waals surface area contributed by atoms with Gasteiger partial charge >= 0.3 is 5.97 Å². The molecule has 0 amide bonds. The smallest absolute Gasteiger partial charge is 0.356 e. The lowest BCUT2D eigenvalue weighted by molar-refractivity contribution is 0.0687. The van der Waals surface area contributed by atoms with Crippen LogP contribution in [0.15, 0.2) is 24.4 Å². The van der Waals surface area contributed by atoms with Crippen molar-refractivity contribution >= 4 is 5.97 Å². The summed E-state index contributed by atoms with van der Waals surface area (Å²) < 4.78 is 1.91. The molecule has 134 valence electrons. The number of rotatable bonds is 7. The molecule has 6 heteroatoms. The summed E-state index contributed by atoms with van der Waals surface area (Å²) in [5.41, 5.74) is 3.38. The van der Waals surface area contributed by atoms with Gasteiger partial charge in [0.1, 0.15) is 0 Å². The van der Waals surface area contributed by atoms with Gasteiger partial charge in [0, 0.05) is 48.7 Å². The normalized spacial score (nSPS) is 16.8. The minimum absolute atomic E-state index is 0.242. The van der Waals surface area contributed by atoms with E-state index in [4.69, 9.17) is 0 Å². The van der Waals surface area contributed by atoms with Gasteiger partial charge in [-0.1, -0.05) is 13.0 Å². The Labute approximate surface area is 148 Å². The maximum absolute atomic E-state index is 11.6. The largest absolute Gasteiger partial charge is 0.476 e. The summed E-state index contributed by atoms with van der Waals surface area (Å²) in [6, 6.07) is 6.34. The van der Waals surface area contributed by atoms with Crippen molar-refractivity contribution in [2.75, 3.05) is 13.6 Å². The number of carboxylic acids is 1. The molecule has 2 heterocycles. The van der Waals surface area contributed by atoms with Gasteiger partial charge in [-0.2, -0.15) is 5.10 Å². The summed E-state index contributed by atoms with van der Waals surface area (Å²) in [5, 5.41) is 13.9. The average Bonchev–Trinajstić information content (AvgIpc) is 2.99. The average molecular weight is 342 g/mol. The van der Waals surface area contributed by atoms with Crippen molar-refractivity contribution in [3.05, 3.63) is 47.0 Å². The highest BCUT2D eigenvalue weighted by Gasteiger charge is 2.30. The number of aromatic carboxylic acids is 1. The molecule has 0 aromatic carbocycles. The lowest BCUT2D eigenvalue weighted by Gasteiger charge is -2.31. The lowest BCUT2D eigenvalue weighted by atomic mass is 9.90. The first kappa shape index (κ1) is 17.6. The Morgan fingerprint density at radius 1 is 1.44 bits per heavy atom. The molecular formula is C19H26N4O2. The molecule has 1 aliphatic carbocycles. The van der Waals surface area contributed by atoms with E-state index in [1.54, 1.807) is 0 Å². The number of carbonyl (C=O) groups is 1. The topological polar surface area (TPSA) is 71.2 Å². The molecule has 0 bridgehead atoms. The van der Waals surface area contributed by atoms with Crippen molar-refractivity contribution in [3.8, 4) is 0 Å². The van der Waals surface area contributed by atoms with Crippen LogP contribution in [0.4, 0.5) is 0 Å². The van der Waals surface area contributed by atoms with Crippen molar-refractivity contribution in [1.82, 2.24) is 19.7 Å². The quantitative estimate of drug-likeness (QED) is 0.837. The summed E-state index contributed by atoms with van der Waals surface area (Å²) in [7, 11) is 2.12. The van der Waals surface area contributed by atoms with Crippen LogP contribution in [0, 0.1) is 0 Å². The standard InChI is InChI=1S/C19H26N4O2/c1-3-11-23-17-8-7-15(13-16(17)18(21-23)19(24)25)22(2)12-9-14-6-4-5-10-20-14/h4-6,10,15H,3,7-9,11-13H2,1-2H3,(H,24,25)/t15-/m1/s1. The van der Waals surface area contributed by atoms with Gasteiger partial charge in [0.15, 0.2) is 5.69 Å². The zero-order valence-corrected chi connectivity index (χ0v) is 15.0. The van der Waals surface area contributed by atoms with Crippen molar-refractivity contribution in [3.63, 3.8) is 0 Å². The monoisotopic (exact) mass is 342 g/mol. The SMILES string of the molecule is CCCn1nc(C(=O)O)c2c1CC[C@@H](N(C)CCc1ccccn1)C2. The van der Waals surface area contributed by atoms with E-state index in [0.717, 1.165) is 62.1 Å². The van der Waals surface area contributed by atoms with Gasteiger partial charge in [0.25, 0.3) is 0 Å². The summed E-state index contributed by atoms with van der Waals surface area (Å²) in [5.74, 6) is -0.914. The molecule has 0 saturated heterocycles. The number of aromatic nitrogens is 3.